The van der Waals surface area contributed by atoms with Gasteiger partial charge in [-0.15, -0.1) is 11.3 Å². The monoisotopic (exact) mass is 348 g/mol. The quantitative estimate of drug-likeness (QED) is 0.869. The Kier molecular flexibility index (Phi) is 5.33. The Morgan fingerprint density at radius 1 is 1.29 bits per heavy atom. The van der Waals surface area contributed by atoms with Crippen molar-refractivity contribution < 1.29 is 9.53 Å². The molecular formula is C17H24N4O2S. The summed E-state index contributed by atoms with van der Waals surface area (Å²) in [4.78, 5) is 18.9. The van der Waals surface area contributed by atoms with Gasteiger partial charge in [-0.05, 0) is 26.0 Å². The average Bonchev–Trinajstić information content (AvgIpc) is 3.02. The number of hydrogen-bond donors (Lipinski definition) is 2. The first kappa shape index (κ1) is 17.1. The van der Waals surface area contributed by atoms with Gasteiger partial charge in [-0.2, -0.15) is 0 Å². The summed E-state index contributed by atoms with van der Waals surface area (Å²) in [5, 5.41) is 6.77. The van der Waals surface area contributed by atoms with E-state index in [0.29, 0.717) is 13.1 Å². The molecule has 1 saturated heterocycles. The molecule has 1 aliphatic rings. The molecule has 0 spiro atoms. The van der Waals surface area contributed by atoms with Crippen LogP contribution in [0.3, 0.4) is 0 Å². The minimum Gasteiger partial charge on any atom is -0.379 e. The first-order chi connectivity index (χ1) is 11.5. The normalized spacial score (nSPS) is 16.2. The highest BCUT2D eigenvalue weighted by atomic mass is 32.1. The Hall–Kier alpha value is -1.70. The number of rotatable bonds is 5. The summed E-state index contributed by atoms with van der Waals surface area (Å²) in [5.74, 6) is 0. The number of ether oxygens (including phenoxy) is 1. The van der Waals surface area contributed by atoms with Crippen molar-refractivity contribution in [2.45, 2.75) is 25.9 Å². The summed E-state index contributed by atoms with van der Waals surface area (Å²) in [6, 6.07) is 7.84. The van der Waals surface area contributed by atoms with Crippen molar-refractivity contribution in [3.05, 3.63) is 29.3 Å². The molecule has 2 heterocycles. The summed E-state index contributed by atoms with van der Waals surface area (Å²) in [6.07, 6.45) is 0. The van der Waals surface area contributed by atoms with Crippen molar-refractivity contribution in [2.75, 3.05) is 32.8 Å². The number of nitrogens with one attached hydrogen (secondary N) is 2. The molecule has 1 aromatic carbocycles. The Bertz CT molecular complexity index is 662. The van der Waals surface area contributed by atoms with E-state index >= 15 is 0 Å². The third kappa shape index (κ3) is 4.23. The second-order valence-corrected chi connectivity index (χ2v) is 7.64. The lowest BCUT2D eigenvalue weighted by Crippen LogP contribution is -2.56. The van der Waals surface area contributed by atoms with Crippen LogP contribution in [0.5, 0.6) is 0 Å². The van der Waals surface area contributed by atoms with Crippen LogP contribution in [0.1, 0.15) is 18.9 Å². The number of benzene rings is 1. The first-order valence-electron chi connectivity index (χ1n) is 8.23. The van der Waals surface area contributed by atoms with Crippen LogP contribution in [0, 0.1) is 0 Å². The van der Waals surface area contributed by atoms with Crippen LogP contribution in [-0.4, -0.2) is 54.3 Å². The van der Waals surface area contributed by atoms with Crippen LogP contribution in [-0.2, 0) is 11.3 Å². The summed E-state index contributed by atoms with van der Waals surface area (Å²) >= 11 is 1.61. The van der Waals surface area contributed by atoms with Crippen LogP contribution in [0.25, 0.3) is 10.2 Å². The van der Waals surface area contributed by atoms with Crippen LogP contribution in [0.4, 0.5) is 4.79 Å². The molecule has 2 N–H and O–H groups in total. The van der Waals surface area contributed by atoms with E-state index in [1.807, 2.05) is 24.3 Å². The zero-order chi connectivity index (χ0) is 17.0. The average molecular weight is 348 g/mol. The predicted molar refractivity (Wildman–Crippen MR) is 96.3 cm³/mol. The molecule has 130 valence electrons. The van der Waals surface area contributed by atoms with Gasteiger partial charge in [-0.1, -0.05) is 12.1 Å². The predicted octanol–water partition coefficient (Wildman–Crippen LogP) is 2.21. The van der Waals surface area contributed by atoms with E-state index in [9.17, 15) is 4.79 Å². The number of amides is 2. The van der Waals surface area contributed by atoms with E-state index in [1.165, 1.54) is 0 Å². The maximum Gasteiger partial charge on any atom is 0.315 e. The van der Waals surface area contributed by atoms with Gasteiger partial charge < -0.3 is 15.4 Å². The van der Waals surface area contributed by atoms with Crippen LogP contribution in [0.15, 0.2) is 24.3 Å². The minimum absolute atomic E-state index is 0.0863. The number of morpholine rings is 1. The molecule has 6 nitrogen and oxygen atoms in total. The van der Waals surface area contributed by atoms with E-state index in [4.69, 9.17) is 4.74 Å². The smallest absolute Gasteiger partial charge is 0.315 e. The van der Waals surface area contributed by atoms with E-state index in [0.717, 1.165) is 41.5 Å². The number of thiazole rings is 1. The number of para-hydroxylation sites is 1. The van der Waals surface area contributed by atoms with Gasteiger partial charge >= 0.3 is 6.03 Å². The molecule has 7 heteroatoms. The lowest BCUT2D eigenvalue weighted by Gasteiger charge is -2.40. The zero-order valence-electron chi connectivity index (χ0n) is 14.2. The fraction of sp³-hybridized carbons (Fsp3) is 0.529. The molecule has 1 aromatic heterocycles. The molecule has 3 rings (SSSR count). The Labute approximate surface area is 146 Å². The number of carbonyl (C=O) groups is 1. The van der Waals surface area contributed by atoms with Gasteiger partial charge in [0.25, 0.3) is 0 Å². The Morgan fingerprint density at radius 3 is 2.79 bits per heavy atom. The molecular weight excluding hydrogens is 324 g/mol. The van der Waals surface area contributed by atoms with Gasteiger partial charge in [-0.3, -0.25) is 4.90 Å². The largest absolute Gasteiger partial charge is 0.379 e. The molecule has 2 aromatic rings. The Morgan fingerprint density at radius 2 is 2.04 bits per heavy atom. The second-order valence-electron chi connectivity index (χ2n) is 6.52. The summed E-state index contributed by atoms with van der Waals surface area (Å²) in [5.41, 5.74) is 0.893. The van der Waals surface area contributed by atoms with Crippen molar-refractivity contribution in [1.29, 1.82) is 0 Å². The lowest BCUT2D eigenvalue weighted by atomic mass is 10.0. The van der Waals surface area contributed by atoms with Gasteiger partial charge in [0.1, 0.15) is 5.01 Å². The van der Waals surface area contributed by atoms with Crippen LogP contribution >= 0.6 is 11.3 Å². The maximum absolute atomic E-state index is 12.1. The molecule has 0 radical (unpaired) electrons. The van der Waals surface area contributed by atoms with E-state index in [-0.39, 0.29) is 11.6 Å². The van der Waals surface area contributed by atoms with Gasteiger partial charge in [0, 0.05) is 25.2 Å². The second kappa shape index (κ2) is 7.46. The van der Waals surface area contributed by atoms with Gasteiger partial charge in [0.15, 0.2) is 0 Å². The highest BCUT2D eigenvalue weighted by Gasteiger charge is 2.28. The lowest BCUT2D eigenvalue weighted by molar-refractivity contribution is -0.00874. The van der Waals surface area contributed by atoms with Crippen molar-refractivity contribution in [2.24, 2.45) is 0 Å². The summed E-state index contributed by atoms with van der Waals surface area (Å²) < 4.78 is 6.53. The highest BCUT2D eigenvalue weighted by molar-refractivity contribution is 7.18. The molecule has 0 bridgehead atoms. The SMILES string of the molecule is CC(C)(CNC(=O)NCc1nc2ccccc2s1)N1CCOCC1. The molecule has 0 atom stereocenters. The highest BCUT2D eigenvalue weighted by Crippen LogP contribution is 2.21. The van der Waals surface area contributed by atoms with Gasteiger partial charge in [0.05, 0.1) is 30.0 Å². The fourth-order valence-electron chi connectivity index (χ4n) is 2.79. The summed E-state index contributed by atoms with van der Waals surface area (Å²) in [7, 11) is 0. The molecule has 0 saturated carbocycles. The van der Waals surface area contributed by atoms with E-state index in [2.05, 4.69) is 34.4 Å². The molecule has 0 unspecified atom stereocenters. The maximum atomic E-state index is 12.1. The standard InChI is InChI=1S/C17H24N4O2S/c1-17(2,21-7-9-23-10-8-21)12-19-16(22)18-11-15-20-13-5-3-4-6-14(13)24-15/h3-6H,7-12H2,1-2H3,(H2,18,19,22). The molecule has 24 heavy (non-hydrogen) atoms. The third-order valence-electron chi connectivity index (χ3n) is 4.29. The summed E-state index contributed by atoms with van der Waals surface area (Å²) in [6.45, 7) is 8.66. The number of urea groups is 1. The first-order valence-corrected chi connectivity index (χ1v) is 9.05. The zero-order valence-corrected chi connectivity index (χ0v) is 15.0. The van der Waals surface area contributed by atoms with Crippen molar-refractivity contribution >= 4 is 27.6 Å². The minimum atomic E-state index is -0.157. The number of aromatic nitrogens is 1. The molecule has 0 aliphatic carbocycles. The number of hydrogen-bond acceptors (Lipinski definition) is 5. The van der Waals surface area contributed by atoms with E-state index in [1.54, 1.807) is 11.3 Å². The molecule has 1 aliphatic heterocycles. The molecule has 2 amide bonds. The number of carbonyl (C=O) groups excluding carboxylic acids is 1. The number of nitrogens with zero attached hydrogens (tertiary/aromatic N) is 2. The van der Waals surface area contributed by atoms with Crippen molar-refractivity contribution in [1.82, 2.24) is 20.5 Å². The number of fused-ring (bicyclic) bond motifs is 1. The fourth-order valence-corrected chi connectivity index (χ4v) is 3.70. The van der Waals surface area contributed by atoms with Gasteiger partial charge in [-0.25, -0.2) is 9.78 Å². The third-order valence-corrected chi connectivity index (χ3v) is 5.32. The Balaban J connectivity index is 1.46. The van der Waals surface area contributed by atoms with Crippen molar-refractivity contribution in [3.63, 3.8) is 0 Å². The molecule has 1 fully saturated rings. The topological polar surface area (TPSA) is 66.5 Å². The van der Waals surface area contributed by atoms with Crippen molar-refractivity contribution in [3.8, 4) is 0 Å². The van der Waals surface area contributed by atoms with Crippen LogP contribution in [0.2, 0.25) is 0 Å². The van der Waals surface area contributed by atoms with E-state index < -0.39 is 0 Å². The van der Waals surface area contributed by atoms with Gasteiger partial charge in [0.2, 0.25) is 0 Å². The van der Waals surface area contributed by atoms with Crippen LogP contribution < -0.4 is 10.6 Å².